The molecule has 0 saturated carbocycles. The Morgan fingerprint density at radius 2 is 1.14 bits per heavy atom. The molecule has 0 bridgehead atoms. The van der Waals surface area contributed by atoms with Crippen LogP contribution in [-0.2, 0) is 25.1 Å². The van der Waals surface area contributed by atoms with E-state index >= 15 is 0 Å². The summed E-state index contributed by atoms with van der Waals surface area (Å²) in [4.78, 5) is 13.8. The second-order valence-electron chi connectivity index (χ2n) is 20.1. The number of hydrogen-bond acceptors (Lipinski definition) is 5. The maximum Gasteiger partial charge on any atom is 0.319 e. The summed E-state index contributed by atoms with van der Waals surface area (Å²) in [5.74, 6) is 0.935. The van der Waals surface area contributed by atoms with Gasteiger partial charge in [-0.2, -0.15) is 0 Å². The molecule has 352 valence electrons. The van der Waals surface area contributed by atoms with Crippen molar-refractivity contribution in [2.24, 2.45) is 0 Å². The van der Waals surface area contributed by atoms with E-state index in [1.54, 1.807) is 0 Å². The van der Waals surface area contributed by atoms with Crippen LogP contribution in [0.2, 0.25) is 10.1 Å². The highest BCUT2D eigenvalue weighted by Crippen LogP contribution is 2.39. The topological polar surface area (TPSA) is 66.0 Å². The SMILES string of the molecule is CC(C)(C)[Si](OC[C@H](Cc1ccc(O[Si](c2ccccc2)(c2ccccc2)C(C)(C)C)cc1)NC(=O)CCCCCCC/C=C\CCOC1CCCCO1)(c1ccccc1)c1ccccc1. The van der Waals surface area contributed by atoms with Crippen LogP contribution >= 0.6 is 0 Å². The Labute approximate surface area is 399 Å². The maximum absolute atomic E-state index is 13.8. The lowest BCUT2D eigenvalue weighted by Crippen LogP contribution is -2.68. The lowest BCUT2D eigenvalue weighted by molar-refractivity contribution is -0.161. The van der Waals surface area contributed by atoms with Crippen molar-refractivity contribution in [1.82, 2.24) is 5.32 Å². The molecule has 0 radical (unpaired) electrons. The molecule has 0 aliphatic carbocycles. The number of benzene rings is 5. The minimum Gasteiger partial charge on any atom is -0.534 e. The molecule has 6 rings (SSSR count). The highest BCUT2D eigenvalue weighted by atomic mass is 28.4. The molecule has 8 heteroatoms. The molecule has 0 spiro atoms. The second kappa shape index (κ2) is 25.0. The van der Waals surface area contributed by atoms with Crippen molar-refractivity contribution in [3.8, 4) is 5.75 Å². The van der Waals surface area contributed by atoms with Crippen molar-refractivity contribution in [2.75, 3.05) is 19.8 Å². The molecule has 1 unspecified atom stereocenters. The van der Waals surface area contributed by atoms with Crippen LogP contribution in [-0.4, -0.2) is 54.7 Å². The van der Waals surface area contributed by atoms with Gasteiger partial charge in [0.2, 0.25) is 5.91 Å². The van der Waals surface area contributed by atoms with Crippen LogP contribution in [0.15, 0.2) is 158 Å². The van der Waals surface area contributed by atoms with Crippen LogP contribution in [0.1, 0.15) is 118 Å². The van der Waals surface area contributed by atoms with Crippen molar-refractivity contribution >= 4 is 43.3 Å². The summed E-state index contributed by atoms with van der Waals surface area (Å²) in [6.45, 7) is 15.8. The van der Waals surface area contributed by atoms with Gasteiger partial charge in [0.05, 0.1) is 19.3 Å². The summed E-state index contributed by atoms with van der Waals surface area (Å²) < 4.78 is 26.3. The van der Waals surface area contributed by atoms with E-state index in [9.17, 15) is 4.79 Å². The van der Waals surface area contributed by atoms with E-state index < -0.39 is 16.6 Å². The van der Waals surface area contributed by atoms with E-state index in [1.165, 1.54) is 40.0 Å². The number of nitrogens with one attached hydrogen (secondary N) is 1. The highest BCUT2D eigenvalue weighted by Gasteiger charge is 2.52. The second-order valence-corrected chi connectivity index (χ2v) is 28.6. The average molecular weight is 924 g/mol. The van der Waals surface area contributed by atoms with E-state index in [0.29, 0.717) is 19.4 Å². The number of unbranched alkanes of at least 4 members (excludes halogenated alkanes) is 5. The summed E-state index contributed by atoms with van der Waals surface area (Å²) in [5.41, 5.74) is 1.13. The van der Waals surface area contributed by atoms with E-state index in [-0.39, 0.29) is 28.3 Å². The monoisotopic (exact) mass is 924 g/mol. The van der Waals surface area contributed by atoms with Gasteiger partial charge >= 0.3 is 8.32 Å². The van der Waals surface area contributed by atoms with Gasteiger partial charge in [-0.3, -0.25) is 4.79 Å². The number of allylic oxidation sites excluding steroid dienone is 1. The van der Waals surface area contributed by atoms with Crippen LogP contribution in [0.3, 0.4) is 0 Å². The van der Waals surface area contributed by atoms with Gasteiger partial charge in [-0.05, 0) is 99.9 Å². The van der Waals surface area contributed by atoms with Crippen LogP contribution in [0.4, 0.5) is 0 Å². The Kier molecular flexibility index (Phi) is 19.2. The Bertz CT molecular complexity index is 2090. The molecule has 1 fully saturated rings. The third-order valence-electron chi connectivity index (χ3n) is 13.0. The molecule has 1 amide bonds. The molecule has 1 aliphatic rings. The quantitative estimate of drug-likeness (QED) is 0.0379. The summed E-state index contributed by atoms with van der Waals surface area (Å²) in [6.07, 6.45) is 16.4. The van der Waals surface area contributed by atoms with Crippen molar-refractivity contribution < 1.29 is 23.1 Å². The zero-order chi connectivity index (χ0) is 46.7. The van der Waals surface area contributed by atoms with E-state index in [1.807, 2.05) is 0 Å². The smallest absolute Gasteiger partial charge is 0.319 e. The summed E-state index contributed by atoms with van der Waals surface area (Å²) in [7, 11) is -5.64. The Morgan fingerprint density at radius 1 is 0.636 bits per heavy atom. The summed E-state index contributed by atoms with van der Waals surface area (Å²) >= 11 is 0. The predicted molar refractivity (Wildman–Crippen MR) is 280 cm³/mol. The molecular formula is C58H77NO5Si2. The zero-order valence-corrected chi connectivity index (χ0v) is 42.8. The molecule has 1 aliphatic heterocycles. The van der Waals surface area contributed by atoms with Crippen molar-refractivity contribution in [3.63, 3.8) is 0 Å². The molecule has 0 aromatic heterocycles. The Hall–Kier alpha value is -4.58. The molecular weight excluding hydrogens is 847 g/mol. The summed E-state index contributed by atoms with van der Waals surface area (Å²) in [5, 5.41) is 8.08. The lowest BCUT2D eigenvalue weighted by Gasteiger charge is -2.43. The first-order valence-electron chi connectivity index (χ1n) is 24.7. The van der Waals surface area contributed by atoms with Crippen LogP contribution in [0.25, 0.3) is 0 Å². The lowest BCUT2D eigenvalue weighted by atomic mass is 10.1. The van der Waals surface area contributed by atoms with Gasteiger partial charge in [-0.15, -0.1) is 0 Å². The Balaban J connectivity index is 1.13. The number of hydrogen-bond donors (Lipinski definition) is 1. The van der Waals surface area contributed by atoms with Crippen LogP contribution in [0.5, 0.6) is 5.75 Å². The van der Waals surface area contributed by atoms with E-state index in [2.05, 4.69) is 205 Å². The van der Waals surface area contributed by atoms with Gasteiger partial charge in [-0.1, -0.05) is 206 Å². The number of rotatable bonds is 24. The third kappa shape index (κ3) is 13.8. The van der Waals surface area contributed by atoms with Crippen molar-refractivity contribution in [2.45, 2.75) is 141 Å². The largest absolute Gasteiger partial charge is 0.534 e. The van der Waals surface area contributed by atoms with E-state index in [4.69, 9.17) is 18.3 Å². The molecule has 66 heavy (non-hydrogen) atoms. The third-order valence-corrected chi connectivity index (χ3v) is 23.0. The van der Waals surface area contributed by atoms with Crippen molar-refractivity contribution in [1.29, 1.82) is 0 Å². The number of ether oxygens (including phenoxy) is 2. The molecule has 1 heterocycles. The Morgan fingerprint density at radius 3 is 1.65 bits per heavy atom. The van der Waals surface area contributed by atoms with Gasteiger partial charge < -0.3 is 23.6 Å². The first-order valence-corrected chi connectivity index (χ1v) is 28.6. The standard InChI is InChI=1S/C58H77NO5Si2/c1-57(2,3)65(51-30-18-14-19-31-51,52-32-20-15-21-33-52)63-47-49(59-55(60)38-26-12-10-8-7-9-11-13-28-44-61-56-39-27-29-45-62-56)46-48-40-42-50(43-41-48)64-66(58(4,5)6,53-34-22-16-23-35-53)54-36-24-17-25-37-54/h11,13-25,30-37,40-43,49,56H,7-10,12,26-29,38-39,44-47H2,1-6H3,(H,59,60)/b13-11-/t49-,56?/m0/s1. The molecule has 1 saturated heterocycles. The van der Waals surface area contributed by atoms with E-state index in [0.717, 1.165) is 69.5 Å². The minimum atomic E-state index is -2.85. The average Bonchev–Trinajstić information content (AvgIpc) is 3.32. The van der Waals surface area contributed by atoms with Crippen LogP contribution < -0.4 is 30.5 Å². The number of carbonyl (C=O) groups is 1. The molecule has 6 nitrogen and oxygen atoms in total. The molecule has 2 atom stereocenters. The fraction of sp³-hybridized carbons (Fsp3) is 0.431. The highest BCUT2D eigenvalue weighted by molar-refractivity contribution is 7.00. The number of carbonyl (C=O) groups excluding carboxylic acids is 1. The predicted octanol–water partition coefficient (Wildman–Crippen LogP) is 11.4. The molecule has 5 aromatic carbocycles. The minimum absolute atomic E-state index is 0.0110. The molecule has 1 N–H and O–H groups in total. The van der Waals surface area contributed by atoms with Gasteiger partial charge in [-0.25, -0.2) is 0 Å². The first kappa shape index (κ1) is 50.8. The fourth-order valence-electron chi connectivity index (χ4n) is 9.67. The zero-order valence-electron chi connectivity index (χ0n) is 40.8. The molecule has 5 aromatic rings. The van der Waals surface area contributed by atoms with Gasteiger partial charge in [0.1, 0.15) is 5.75 Å². The fourth-order valence-corrected chi connectivity index (χ4v) is 18.7. The van der Waals surface area contributed by atoms with Gasteiger partial charge in [0.25, 0.3) is 8.32 Å². The van der Waals surface area contributed by atoms with Crippen molar-refractivity contribution in [3.05, 3.63) is 163 Å². The normalized spacial score (nSPS) is 15.4. The maximum atomic E-state index is 13.8. The van der Waals surface area contributed by atoms with Gasteiger partial charge in [0.15, 0.2) is 6.29 Å². The first-order chi connectivity index (χ1) is 31.9. The van der Waals surface area contributed by atoms with Gasteiger partial charge in [0, 0.05) is 13.0 Å². The number of amides is 1. The summed E-state index contributed by atoms with van der Waals surface area (Å²) in [6, 6.07) is 51.4. The van der Waals surface area contributed by atoms with Crippen LogP contribution in [0, 0.1) is 0 Å².